The van der Waals surface area contributed by atoms with E-state index in [4.69, 9.17) is 0 Å². The van der Waals surface area contributed by atoms with Crippen molar-refractivity contribution in [1.82, 2.24) is 5.32 Å². The van der Waals surface area contributed by atoms with E-state index in [0.29, 0.717) is 11.8 Å². The van der Waals surface area contributed by atoms with E-state index in [2.05, 4.69) is 0 Å². The minimum atomic E-state index is -1.33. The van der Waals surface area contributed by atoms with Gasteiger partial charge >= 0.3 is 0 Å². The highest BCUT2D eigenvalue weighted by atomic mass is 32.2. The quantitative estimate of drug-likeness (QED) is 0.549. The van der Waals surface area contributed by atoms with Crippen molar-refractivity contribution >= 4 is 28.9 Å². The molecule has 5 nitrogen and oxygen atoms in total. The van der Waals surface area contributed by atoms with Gasteiger partial charge in [0.25, 0.3) is 5.24 Å². The van der Waals surface area contributed by atoms with Crippen LogP contribution in [0.15, 0.2) is 0 Å². The summed E-state index contributed by atoms with van der Waals surface area (Å²) in [6.07, 6.45) is -0.414. The van der Waals surface area contributed by atoms with Crippen LogP contribution < -0.4 is 10.4 Å². The Morgan fingerprint density at radius 1 is 1.64 bits per heavy atom. The Hall–Kier alpha value is -1.04. The standard InChI is InChI=1S/C5H5NO4S/c7-3(8)1-2-4(9)6-5(10)11-2/h2H,1H2,(H,7,8)(H,6,9,10)/p-1/t2-/m1/s1. The molecule has 2 amide bonds. The fraction of sp³-hybridized carbons (Fsp3) is 0.400. The number of amides is 2. The number of imide groups is 1. The maximum absolute atomic E-state index is 10.7. The molecule has 0 unspecified atom stereocenters. The van der Waals surface area contributed by atoms with E-state index in [9.17, 15) is 19.5 Å². The largest absolute Gasteiger partial charge is 0.550 e. The number of hydrogen-bond acceptors (Lipinski definition) is 5. The number of carbonyl (C=O) groups is 3. The lowest BCUT2D eigenvalue weighted by molar-refractivity contribution is -0.305. The van der Waals surface area contributed by atoms with Crippen molar-refractivity contribution in [2.75, 3.05) is 0 Å². The van der Waals surface area contributed by atoms with Crippen molar-refractivity contribution < 1.29 is 19.5 Å². The Morgan fingerprint density at radius 2 is 2.27 bits per heavy atom. The van der Waals surface area contributed by atoms with Gasteiger partial charge in [-0.25, -0.2) is 0 Å². The molecule has 0 aliphatic carbocycles. The molecule has 1 N–H and O–H groups in total. The first-order valence-corrected chi connectivity index (χ1v) is 3.69. The molecule has 1 fully saturated rings. The molecule has 0 aromatic heterocycles. The van der Waals surface area contributed by atoms with Crippen LogP contribution in [0.25, 0.3) is 0 Å². The molecule has 0 aromatic carbocycles. The summed E-state index contributed by atoms with van der Waals surface area (Å²) in [5.41, 5.74) is 0. The van der Waals surface area contributed by atoms with Gasteiger partial charge in [-0.2, -0.15) is 0 Å². The second kappa shape index (κ2) is 2.91. The molecule has 1 heterocycles. The topological polar surface area (TPSA) is 86.3 Å². The maximum Gasteiger partial charge on any atom is 0.286 e. The number of aliphatic carboxylic acids is 1. The van der Waals surface area contributed by atoms with Crippen molar-refractivity contribution in [3.8, 4) is 0 Å². The average molecular weight is 174 g/mol. The molecule has 0 bridgehead atoms. The summed E-state index contributed by atoms with van der Waals surface area (Å²) in [5.74, 6) is -1.88. The lowest BCUT2D eigenvalue weighted by Gasteiger charge is -2.03. The molecule has 0 spiro atoms. The van der Waals surface area contributed by atoms with Crippen molar-refractivity contribution in [3.05, 3.63) is 0 Å². The number of hydrogen-bond donors (Lipinski definition) is 1. The van der Waals surface area contributed by atoms with Crippen LogP contribution in [0, 0.1) is 0 Å². The number of carboxylic acid groups (broad SMARTS) is 1. The summed E-state index contributed by atoms with van der Waals surface area (Å²) >= 11 is 0.682. The Bertz CT molecular complexity index is 227. The van der Waals surface area contributed by atoms with Gasteiger partial charge in [0.05, 0.1) is 5.25 Å². The molecule has 1 aliphatic heterocycles. The minimum Gasteiger partial charge on any atom is -0.550 e. The predicted molar refractivity (Wildman–Crippen MR) is 34.5 cm³/mol. The molecular weight excluding hydrogens is 170 g/mol. The fourth-order valence-corrected chi connectivity index (χ4v) is 1.48. The lowest BCUT2D eigenvalue weighted by Crippen LogP contribution is -2.31. The smallest absolute Gasteiger partial charge is 0.286 e. The second-order valence-corrected chi connectivity index (χ2v) is 3.13. The molecule has 11 heavy (non-hydrogen) atoms. The maximum atomic E-state index is 10.7. The predicted octanol–water partition coefficient (Wildman–Crippen LogP) is -1.52. The molecule has 0 aromatic rings. The SMILES string of the molecule is O=C([O-])C[C@H]1SC(=O)NC1=O. The Balaban J connectivity index is 2.53. The van der Waals surface area contributed by atoms with E-state index in [1.807, 2.05) is 5.32 Å². The monoisotopic (exact) mass is 174 g/mol. The highest BCUT2D eigenvalue weighted by Crippen LogP contribution is 2.20. The van der Waals surface area contributed by atoms with E-state index < -0.39 is 28.8 Å². The third kappa shape index (κ3) is 1.94. The van der Waals surface area contributed by atoms with E-state index in [1.165, 1.54) is 0 Å². The van der Waals surface area contributed by atoms with E-state index in [0.717, 1.165) is 0 Å². The first-order chi connectivity index (χ1) is 5.09. The summed E-state index contributed by atoms with van der Waals surface area (Å²) in [6.45, 7) is 0. The van der Waals surface area contributed by atoms with Gasteiger partial charge in [0, 0.05) is 12.4 Å². The highest BCUT2D eigenvalue weighted by Gasteiger charge is 2.31. The van der Waals surface area contributed by atoms with E-state index in [1.54, 1.807) is 0 Å². The van der Waals surface area contributed by atoms with Gasteiger partial charge in [-0.15, -0.1) is 0 Å². The van der Waals surface area contributed by atoms with Crippen molar-refractivity contribution in [2.24, 2.45) is 0 Å². The summed E-state index contributed by atoms with van der Waals surface area (Å²) in [4.78, 5) is 31.1. The van der Waals surface area contributed by atoms with Crippen LogP contribution in [-0.4, -0.2) is 22.4 Å². The molecule has 1 atom stereocenters. The number of carbonyl (C=O) groups excluding carboxylic acids is 3. The number of thioether (sulfide) groups is 1. The van der Waals surface area contributed by atoms with Gasteiger partial charge in [-0.3, -0.25) is 14.9 Å². The molecule has 0 saturated carbocycles. The number of carboxylic acids is 1. The van der Waals surface area contributed by atoms with Crippen LogP contribution in [0.3, 0.4) is 0 Å². The molecule has 0 radical (unpaired) electrons. The zero-order valence-corrected chi connectivity index (χ0v) is 6.14. The number of rotatable bonds is 2. The minimum absolute atomic E-state index is 0.414. The summed E-state index contributed by atoms with van der Waals surface area (Å²) in [7, 11) is 0. The average Bonchev–Trinajstić information content (AvgIpc) is 2.09. The van der Waals surface area contributed by atoms with Gasteiger partial charge in [-0.1, -0.05) is 11.8 Å². The third-order valence-corrected chi connectivity index (χ3v) is 2.10. The molecule has 6 heteroatoms. The molecular formula is C5H4NO4S-. The summed E-state index contributed by atoms with van der Waals surface area (Å²) < 4.78 is 0. The van der Waals surface area contributed by atoms with Crippen molar-refractivity contribution in [3.63, 3.8) is 0 Å². The fourth-order valence-electron chi connectivity index (χ4n) is 0.679. The van der Waals surface area contributed by atoms with Crippen LogP contribution in [0.4, 0.5) is 4.79 Å². The Kier molecular flexibility index (Phi) is 2.13. The summed E-state index contributed by atoms with van der Waals surface area (Å²) in [5, 5.41) is 10.6. The van der Waals surface area contributed by atoms with Crippen LogP contribution in [0.2, 0.25) is 0 Å². The van der Waals surface area contributed by atoms with Crippen LogP contribution in [-0.2, 0) is 9.59 Å². The van der Waals surface area contributed by atoms with Crippen molar-refractivity contribution in [2.45, 2.75) is 11.7 Å². The molecule has 60 valence electrons. The second-order valence-electron chi connectivity index (χ2n) is 1.96. The van der Waals surface area contributed by atoms with Gasteiger partial charge in [0.15, 0.2) is 0 Å². The Labute approximate surface area is 66.1 Å². The lowest BCUT2D eigenvalue weighted by atomic mass is 10.3. The highest BCUT2D eigenvalue weighted by molar-refractivity contribution is 8.15. The van der Waals surface area contributed by atoms with Crippen molar-refractivity contribution in [1.29, 1.82) is 0 Å². The van der Waals surface area contributed by atoms with Crippen LogP contribution in [0.5, 0.6) is 0 Å². The summed E-state index contributed by atoms with van der Waals surface area (Å²) in [6, 6.07) is 0. The van der Waals surface area contributed by atoms with Crippen LogP contribution >= 0.6 is 11.8 Å². The van der Waals surface area contributed by atoms with Gasteiger partial charge in [0.2, 0.25) is 5.91 Å². The van der Waals surface area contributed by atoms with Crippen LogP contribution in [0.1, 0.15) is 6.42 Å². The van der Waals surface area contributed by atoms with E-state index in [-0.39, 0.29) is 0 Å². The Morgan fingerprint density at radius 3 is 2.64 bits per heavy atom. The first-order valence-electron chi connectivity index (χ1n) is 2.81. The zero-order valence-electron chi connectivity index (χ0n) is 5.33. The molecule has 1 saturated heterocycles. The molecule has 1 rings (SSSR count). The van der Waals surface area contributed by atoms with E-state index >= 15 is 0 Å². The van der Waals surface area contributed by atoms with Gasteiger partial charge < -0.3 is 9.90 Å². The van der Waals surface area contributed by atoms with Gasteiger partial charge in [0.1, 0.15) is 0 Å². The molecule has 1 aliphatic rings. The van der Waals surface area contributed by atoms with Gasteiger partial charge in [-0.05, 0) is 0 Å². The number of nitrogens with one attached hydrogen (secondary N) is 1. The zero-order chi connectivity index (χ0) is 8.43. The third-order valence-electron chi connectivity index (χ3n) is 1.12. The first kappa shape index (κ1) is 8.06. The normalized spacial score (nSPS) is 23.5.